The summed E-state index contributed by atoms with van der Waals surface area (Å²) in [5, 5.41) is 3.00. The maximum atomic E-state index is 12.7. The average Bonchev–Trinajstić information content (AvgIpc) is 2.65. The number of carbonyl (C=O) groups excluding carboxylic acids is 2. The van der Waals surface area contributed by atoms with Gasteiger partial charge in [-0.3, -0.25) is 4.79 Å². The van der Waals surface area contributed by atoms with Gasteiger partial charge in [-0.25, -0.2) is 4.79 Å². The van der Waals surface area contributed by atoms with Crippen LogP contribution in [0, 0.1) is 19.8 Å². The first-order valence-corrected chi connectivity index (χ1v) is 9.04. The van der Waals surface area contributed by atoms with E-state index in [0.29, 0.717) is 39.4 Å². The number of hydrogen-bond acceptors (Lipinski definition) is 3. The number of hydrogen-bond donors (Lipinski definition) is 1. The van der Waals surface area contributed by atoms with E-state index in [4.69, 9.17) is 4.74 Å². The lowest BCUT2D eigenvalue weighted by Gasteiger charge is -2.36. The second-order valence-corrected chi connectivity index (χ2v) is 6.97. The molecule has 0 aromatic heterocycles. The van der Waals surface area contributed by atoms with Crippen LogP contribution in [0.5, 0.6) is 0 Å². The Morgan fingerprint density at radius 3 is 2.64 bits per heavy atom. The Hall–Kier alpha value is -2.08. The number of nitrogens with one attached hydrogen (secondary N) is 1. The van der Waals surface area contributed by atoms with Gasteiger partial charge in [0, 0.05) is 31.9 Å². The maximum absolute atomic E-state index is 12.7. The van der Waals surface area contributed by atoms with Crippen molar-refractivity contribution in [3.05, 3.63) is 29.3 Å². The van der Waals surface area contributed by atoms with E-state index in [2.05, 4.69) is 5.32 Å². The van der Waals surface area contributed by atoms with Gasteiger partial charge in [-0.2, -0.15) is 0 Å². The lowest BCUT2D eigenvalue weighted by atomic mass is 9.96. The van der Waals surface area contributed by atoms with Crippen LogP contribution in [0.4, 0.5) is 10.5 Å². The van der Waals surface area contributed by atoms with E-state index in [1.165, 1.54) is 0 Å². The molecule has 1 aromatic carbocycles. The van der Waals surface area contributed by atoms with E-state index < -0.39 is 0 Å². The smallest absolute Gasteiger partial charge is 0.321 e. The molecular formula is C19H27N3O3. The van der Waals surface area contributed by atoms with E-state index in [0.717, 1.165) is 29.7 Å². The summed E-state index contributed by atoms with van der Waals surface area (Å²) in [6.45, 7) is 7.71. The van der Waals surface area contributed by atoms with Crippen LogP contribution in [-0.4, -0.2) is 61.1 Å². The predicted molar refractivity (Wildman–Crippen MR) is 96.6 cm³/mol. The Morgan fingerprint density at radius 2 is 1.88 bits per heavy atom. The molecule has 136 valence electrons. The Morgan fingerprint density at radius 1 is 1.12 bits per heavy atom. The standard InChI is InChI=1S/C19H27N3O3/c1-14-5-6-15(2)17(12-14)20-19(24)22-7-3-4-16(13-22)18(23)21-8-10-25-11-9-21/h5-6,12,16H,3-4,7-11,13H2,1-2H3,(H,20,24). The van der Waals surface area contributed by atoms with Gasteiger partial charge in [-0.15, -0.1) is 0 Å². The number of ether oxygens (including phenoxy) is 1. The fourth-order valence-corrected chi connectivity index (χ4v) is 3.47. The molecule has 0 spiro atoms. The summed E-state index contributed by atoms with van der Waals surface area (Å²) in [6, 6.07) is 5.90. The van der Waals surface area contributed by atoms with E-state index in [1.807, 2.05) is 36.9 Å². The third-order valence-corrected chi connectivity index (χ3v) is 5.02. The second kappa shape index (κ2) is 7.87. The Bertz CT molecular complexity index is 641. The summed E-state index contributed by atoms with van der Waals surface area (Å²) in [5.74, 6) is 0.0590. The average molecular weight is 345 g/mol. The molecule has 6 nitrogen and oxygen atoms in total. The van der Waals surface area contributed by atoms with Crippen LogP contribution in [0.25, 0.3) is 0 Å². The molecule has 2 fully saturated rings. The van der Waals surface area contributed by atoms with Crippen LogP contribution in [0.15, 0.2) is 18.2 Å². The van der Waals surface area contributed by atoms with Gasteiger partial charge in [-0.05, 0) is 43.9 Å². The topological polar surface area (TPSA) is 61.9 Å². The lowest BCUT2D eigenvalue weighted by Crippen LogP contribution is -2.50. The third kappa shape index (κ3) is 4.31. The monoisotopic (exact) mass is 345 g/mol. The summed E-state index contributed by atoms with van der Waals surface area (Å²) in [5.41, 5.74) is 2.99. The van der Waals surface area contributed by atoms with Crippen LogP contribution in [0.2, 0.25) is 0 Å². The van der Waals surface area contributed by atoms with E-state index >= 15 is 0 Å². The van der Waals surface area contributed by atoms with Crippen molar-refractivity contribution >= 4 is 17.6 Å². The highest BCUT2D eigenvalue weighted by Crippen LogP contribution is 2.22. The van der Waals surface area contributed by atoms with Gasteiger partial charge in [0.05, 0.1) is 19.1 Å². The zero-order valence-corrected chi connectivity index (χ0v) is 15.1. The molecule has 0 radical (unpaired) electrons. The van der Waals surface area contributed by atoms with Gasteiger partial charge in [0.25, 0.3) is 0 Å². The maximum Gasteiger partial charge on any atom is 0.321 e. The molecular weight excluding hydrogens is 318 g/mol. The number of nitrogens with zero attached hydrogens (tertiary/aromatic N) is 2. The fraction of sp³-hybridized carbons (Fsp3) is 0.579. The second-order valence-electron chi connectivity index (χ2n) is 6.97. The number of anilines is 1. The van der Waals surface area contributed by atoms with Crippen LogP contribution in [-0.2, 0) is 9.53 Å². The molecule has 0 bridgehead atoms. The molecule has 3 amide bonds. The van der Waals surface area contributed by atoms with Crippen molar-refractivity contribution in [2.75, 3.05) is 44.7 Å². The molecule has 2 aliphatic rings. The third-order valence-electron chi connectivity index (χ3n) is 5.02. The summed E-state index contributed by atoms with van der Waals surface area (Å²) >= 11 is 0. The first-order chi connectivity index (χ1) is 12.0. The van der Waals surface area contributed by atoms with Crippen molar-refractivity contribution in [1.29, 1.82) is 0 Å². The van der Waals surface area contributed by atoms with Crippen LogP contribution in [0.3, 0.4) is 0 Å². The molecule has 2 saturated heterocycles. The number of benzene rings is 1. The zero-order valence-electron chi connectivity index (χ0n) is 15.1. The highest BCUT2D eigenvalue weighted by molar-refractivity contribution is 5.91. The molecule has 25 heavy (non-hydrogen) atoms. The van der Waals surface area contributed by atoms with Crippen molar-refractivity contribution < 1.29 is 14.3 Å². The molecule has 1 aromatic rings. The molecule has 6 heteroatoms. The minimum absolute atomic E-state index is 0.101. The molecule has 2 heterocycles. The van der Waals surface area contributed by atoms with E-state index in [1.54, 1.807) is 4.90 Å². The number of amides is 3. The number of morpholine rings is 1. The van der Waals surface area contributed by atoms with Crippen molar-refractivity contribution in [2.45, 2.75) is 26.7 Å². The Balaban J connectivity index is 1.61. The summed E-state index contributed by atoms with van der Waals surface area (Å²) < 4.78 is 5.32. The quantitative estimate of drug-likeness (QED) is 0.895. The fourth-order valence-electron chi connectivity index (χ4n) is 3.47. The van der Waals surface area contributed by atoms with Crippen molar-refractivity contribution in [2.24, 2.45) is 5.92 Å². The number of piperidine rings is 1. The normalized spacial score (nSPS) is 21.1. The number of rotatable bonds is 2. The molecule has 1 atom stereocenters. The number of aryl methyl sites for hydroxylation is 2. The molecule has 1 N–H and O–H groups in total. The van der Waals surface area contributed by atoms with Crippen LogP contribution in [0.1, 0.15) is 24.0 Å². The van der Waals surface area contributed by atoms with Crippen LogP contribution < -0.4 is 5.32 Å². The van der Waals surface area contributed by atoms with Gasteiger partial charge in [0.2, 0.25) is 5.91 Å². The number of carbonyl (C=O) groups is 2. The predicted octanol–water partition coefficient (Wildman–Crippen LogP) is 2.41. The van der Waals surface area contributed by atoms with Crippen molar-refractivity contribution in [3.63, 3.8) is 0 Å². The molecule has 1 unspecified atom stereocenters. The first-order valence-electron chi connectivity index (χ1n) is 9.04. The number of urea groups is 1. The van der Waals surface area contributed by atoms with Crippen LogP contribution >= 0.6 is 0 Å². The lowest BCUT2D eigenvalue weighted by molar-refractivity contribution is -0.141. The molecule has 2 aliphatic heterocycles. The van der Waals surface area contributed by atoms with Gasteiger partial charge in [0.1, 0.15) is 0 Å². The Labute approximate surface area is 149 Å². The summed E-state index contributed by atoms with van der Waals surface area (Å²) in [4.78, 5) is 29.0. The first kappa shape index (κ1) is 17.7. The van der Waals surface area contributed by atoms with Gasteiger partial charge in [-0.1, -0.05) is 12.1 Å². The highest BCUT2D eigenvalue weighted by atomic mass is 16.5. The van der Waals surface area contributed by atoms with Gasteiger partial charge >= 0.3 is 6.03 Å². The van der Waals surface area contributed by atoms with Gasteiger partial charge in [0.15, 0.2) is 0 Å². The van der Waals surface area contributed by atoms with E-state index in [9.17, 15) is 9.59 Å². The van der Waals surface area contributed by atoms with E-state index in [-0.39, 0.29) is 17.9 Å². The minimum atomic E-state index is -0.117. The highest BCUT2D eigenvalue weighted by Gasteiger charge is 2.31. The zero-order chi connectivity index (χ0) is 17.8. The molecule has 3 rings (SSSR count). The number of likely N-dealkylation sites (tertiary alicyclic amines) is 1. The summed E-state index contributed by atoms with van der Waals surface area (Å²) in [7, 11) is 0. The van der Waals surface area contributed by atoms with Crippen molar-refractivity contribution in [1.82, 2.24) is 9.80 Å². The molecule has 0 saturated carbocycles. The minimum Gasteiger partial charge on any atom is -0.378 e. The largest absolute Gasteiger partial charge is 0.378 e. The SMILES string of the molecule is Cc1ccc(C)c(NC(=O)N2CCCC(C(=O)N3CCOCC3)C2)c1. The van der Waals surface area contributed by atoms with Gasteiger partial charge < -0.3 is 19.9 Å². The Kier molecular flexibility index (Phi) is 5.58. The summed E-state index contributed by atoms with van der Waals surface area (Å²) in [6.07, 6.45) is 1.71. The molecule has 0 aliphatic carbocycles. The van der Waals surface area contributed by atoms with Crippen molar-refractivity contribution in [3.8, 4) is 0 Å².